The van der Waals surface area contributed by atoms with Crippen LogP contribution < -0.4 is 10.1 Å². The number of hydrogen-bond donors (Lipinski definition) is 1. The smallest absolute Gasteiger partial charge is 0.165 e. The van der Waals surface area contributed by atoms with E-state index in [4.69, 9.17) is 4.74 Å². The molecule has 1 aliphatic heterocycles. The molecule has 1 heterocycles. The maximum absolute atomic E-state index is 13.7. The topological polar surface area (TPSA) is 24.5 Å². The number of nitrogens with zero attached hydrogens (tertiary/aromatic N) is 1. The Balaban J connectivity index is 0.00000180. The van der Waals surface area contributed by atoms with Gasteiger partial charge in [-0.05, 0) is 31.5 Å². The molecule has 0 amide bonds. The van der Waals surface area contributed by atoms with Crippen molar-refractivity contribution in [3.63, 3.8) is 0 Å². The number of nitrogens with one attached hydrogen (secondary N) is 1. The first kappa shape index (κ1) is 16.2. The molecule has 1 atom stereocenters. The fraction of sp³-hybridized carbons (Fsp3) is 0.571. The van der Waals surface area contributed by atoms with E-state index in [0.29, 0.717) is 18.4 Å². The molecule has 2 rings (SSSR count). The summed E-state index contributed by atoms with van der Waals surface area (Å²) in [6.45, 7) is 8.34. The summed E-state index contributed by atoms with van der Waals surface area (Å²) in [6.07, 6.45) is 0. The van der Waals surface area contributed by atoms with Crippen LogP contribution in [0.1, 0.15) is 19.4 Å². The zero-order valence-corrected chi connectivity index (χ0v) is 12.3. The number of ether oxygens (including phenoxy) is 1. The van der Waals surface area contributed by atoms with Crippen molar-refractivity contribution in [1.82, 2.24) is 10.2 Å². The van der Waals surface area contributed by atoms with Gasteiger partial charge in [0.1, 0.15) is 0 Å². The molecular formula is C14H22ClFN2O. The highest BCUT2D eigenvalue weighted by atomic mass is 35.5. The van der Waals surface area contributed by atoms with Crippen LogP contribution in [0.3, 0.4) is 0 Å². The third-order valence-corrected chi connectivity index (χ3v) is 3.16. The molecule has 0 spiro atoms. The first-order valence-electron chi connectivity index (χ1n) is 6.56. The van der Waals surface area contributed by atoms with E-state index in [0.717, 1.165) is 31.7 Å². The highest BCUT2D eigenvalue weighted by Crippen LogP contribution is 2.19. The lowest BCUT2D eigenvalue weighted by atomic mass is 10.1. The lowest BCUT2D eigenvalue weighted by molar-refractivity contribution is 0.199. The Morgan fingerprint density at radius 2 is 2.26 bits per heavy atom. The van der Waals surface area contributed by atoms with E-state index in [1.54, 1.807) is 12.1 Å². The first-order chi connectivity index (χ1) is 8.69. The number of rotatable bonds is 4. The minimum Gasteiger partial charge on any atom is -0.491 e. The van der Waals surface area contributed by atoms with Gasteiger partial charge in [0.05, 0.1) is 6.61 Å². The average molecular weight is 289 g/mol. The van der Waals surface area contributed by atoms with E-state index in [1.807, 2.05) is 13.0 Å². The third kappa shape index (κ3) is 4.64. The largest absolute Gasteiger partial charge is 0.491 e. The van der Waals surface area contributed by atoms with E-state index in [2.05, 4.69) is 17.1 Å². The molecule has 1 saturated heterocycles. The Morgan fingerprint density at radius 3 is 2.89 bits per heavy atom. The van der Waals surface area contributed by atoms with Crippen LogP contribution in [0.4, 0.5) is 4.39 Å². The van der Waals surface area contributed by atoms with Crippen LogP contribution in [0, 0.1) is 5.82 Å². The molecule has 5 heteroatoms. The molecule has 0 radical (unpaired) electrons. The summed E-state index contributed by atoms with van der Waals surface area (Å²) in [5.41, 5.74) is 1.00. The van der Waals surface area contributed by atoms with Crippen molar-refractivity contribution in [2.24, 2.45) is 0 Å². The molecule has 0 aromatic heterocycles. The zero-order valence-electron chi connectivity index (χ0n) is 11.5. The van der Waals surface area contributed by atoms with Gasteiger partial charge >= 0.3 is 0 Å². The summed E-state index contributed by atoms with van der Waals surface area (Å²) in [6, 6.07) is 5.75. The first-order valence-corrected chi connectivity index (χ1v) is 6.56. The third-order valence-electron chi connectivity index (χ3n) is 3.16. The van der Waals surface area contributed by atoms with Crippen LogP contribution >= 0.6 is 12.4 Å². The molecular weight excluding hydrogens is 267 g/mol. The van der Waals surface area contributed by atoms with Gasteiger partial charge in [-0.3, -0.25) is 4.90 Å². The van der Waals surface area contributed by atoms with Crippen LogP contribution in [-0.2, 0) is 6.54 Å². The molecule has 1 unspecified atom stereocenters. The molecule has 1 aliphatic rings. The number of halogens is 2. The summed E-state index contributed by atoms with van der Waals surface area (Å²) in [5.74, 6) is 0.0764. The van der Waals surface area contributed by atoms with E-state index in [9.17, 15) is 4.39 Å². The van der Waals surface area contributed by atoms with Gasteiger partial charge in [0.25, 0.3) is 0 Å². The Kier molecular flexibility index (Phi) is 6.55. The molecule has 1 aromatic rings. The summed E-state index contributed by atoms with van der Waals surface area (Å²) in [7, 11) is 0. The normalized spacial score (nSPS) is 19.8. The fourth-order valence-electron chi connectivity index (χ4n) is 2.33. The highest BCUT2D eigenvalue weighted by Gasteiger charge is 2.16. The van der Waals surface area contributed by atoms with E-state index < -0.39 is 0 Å². The molecule has 3 nitrogen and oxygen atoms in total. The monoisotopic (exact) mass is 288 g/mol. The van der Waals surface area contributed by atoms with E-state index in [1.165, 1.54) is 0 Å². The second-order valence-electron chi connectivity index (χ2n) is 4.79. The minimum absolute atomic E-state index is 0. The van der Waals surface area contributed by atoms with E-state index >= 15 is 0 Å². The number of hydrogen-bond acceptors (Lipinski definition) is 3. The maximum atomic E-state index is 13.7. The average Bonchev–Trinajstić information content (AvgIpc) is 2.33. The van der Waals surface area contributed by atoms with E-state index in [-0.39, 0.29) is 18.2 Å². The Morgan fingerprint density at radius 1 is 1.47 bits per heavy atom. The quantitative estimate of drug-likeness (QED) is 0.921. The van der Waals surface area contributed by atoms with Gasteiger partial charge in [0, 0.05) is 32.2 Å². The van der Waals surface area contributed by atoms with Gasteiger partial charge in [-0.2, -0.15) is 0 Å². The molecule has 108 valence electrons. The van der Waals surface area contributed by atoms with Crippen molar-refractivity contribution in [2.75, 3.05) is 26.2 Å². The van der Waals surface area contributed by atoms with Crippen molar-refractivity contribution in [2.45, 2.75) is 26.4 Å². The molecule has 1 fully saturated rings. The van der Waals surface area contributed by atoms with Gasteiger partial charge < -0.3 is 10.1 Å². The van der Waals surface area contributed by atoms with Crippen molar-refractivity contribution >= 4 is 12.4 Å². The Hall–Kier alpha value is -0.840. The Bertz CT molecular complexity index is 403. The van der Waals surface area contributed by atoms with Crippen LogP contribution in [0.15, 0.2) is 18.2 Å². The molecule has 1 aromatic carbocycles. The maximum Gasteiger partial charge on any atom is 0.165 e. The predicted molar refractivity (Wildman–Crippen MR) is 77.6 cm³/mol. The fourth-order valence-corrected chi connectivity index (χ4v) is 2.33. The highest BCUT2D eigenvalue weighted by molar-refractivity contribution is 5.85. The SMILES string of the molecule is CCOc1ccc(CN2CCNC(C)C2)cc1F.Cl. The molecule has 1 N–H and O–H groups in total. The molecule has 0 saturated carbocycles. The second kappa shape index (κ2) is 7.68. The lowest BCUT2D eigenvalue weighted by Gasteiger charge is -2.31. The summed E-state index contributed by atoms with van der Waals surface area (Å²) < 4.78 is 18.9. The lowest BCUT2D eigenvalue weighted by Crippen LogP contribution is -2.48. The van der Waals surface area contributed by atoms with Crippen LogP contribution in [0.25, 0.3) is 0 Å². The molecule has 19 heavy (non-hydrogen) atoms. The summed E-state index contributed by atoms with van der Waals surface area (Å²) in [5, 5.41) is 3.40. The molecule has 0 aliphatic carbocycles. The van der Waals surface area contributed by atoms with Crippen molar-refractivity contribution < 1.29 is 9.13 Å². The minimum atomic E-state index is -0.266. The standard InChI is InChI=1S/C14H21FN2O.ClH/c1-3-18-14-5-4-12(8-13(14)15)10-17-7-6-16-11(2)9-17;/h4-5,8,11,16H,3,6-7,9-10H2,1-2H3;1H. The van der Waals surface area contributed by atoms with Crippen molar-refractivity contribution in [3.8, 4) is 5.75 Å². The van der Waals surface area contributed by atoms with Gasteiger partial charge in [0.2, 0.25) is 0 Å². The Labute approximate surface area is 120 Å². The van der Waals surface area contributed by atoms with Gasteiger partial charge in [-0.1, -0.05) is 6.07 Å². The second-order valence-corrected chi connectivity index (χ2v) is 4.79. The number of benzene rings is 1. The van der Waals surface area contributed by atoms with Gasteiger partial charge in [0.15, 0.2) is 11.6 Å². The predicted octanol–water partition coefficient (Wildman–Crippen LogP) is 2.44. The molecule has 0 bridgehead atoms. The van der Waals surface area contributed by atoms with Crippen LogP contribution in [0.5, 0.6) is 5.75 Å². The van der Waals surface area contributed by atoms with Gasteiger partial charge in [-0.25, -0.2) is 4.39 Å². The van der Waals surface area contributed by atoms with Crippen LogP contribution in [-0.4, -0.2) is 37.2 Å². The summed E-state index contributed by atoms with van der Waals surface area (Å²) in [4.78, 5) is 2.34. The number of piperazine rings is 1. The van der Waals surface area contributed by atoms with Gasteiger partial charge in [-0.15, -0.1) is 12.4 Å². The van der Waals surface area contributed by atoms with Crippen molar-refractivity contribution in [3.05, 3.63) is 29.6 Å². The van der Waals surface area contributed by atoms with Crippen molar-refractivity contribution in [1.29, 1.82) is 0 Å². The zero-order chi connectivity index (χ0) is 13.0. The van der Waals surface area contributed by atoms with Crippen LogP contribution in [0.2, 0.25) is 0 Å². The summed E-state index contributed by atoms with van der Waals surface area (Å²) >= 11 is 0.